The van der Waals surface area contributed by atoms with Crippen molar-refractivity contribution in [2.24, 2.45) is 7.05 Å². The summed E-state index contributed by atoms with van der Waals surface area (Å²) in [4.78, 5) is 4.48. The van der Waals surface area contributed by atoms with Gasteiger partial charge in [-0.3, -0.25) is 9.67 Å². The quantitative estimate of drug-likeness (QED) is 0.721. The number of rotatable bonds is 5. The van der Waals surface area contributed by atoms with Gasteiger partial charge < -0.3 is 5.32 Å². The number of benzene rings is 1. The van der Waals surface area contributed by atoms with Crippen LogP contribution in [0.5, 0.6) is 0 Å². The molecule has 4 nitrogen and oxygen atoms in total. The molecule has 102 valence electrons. The average Bonchev–Trinajstić information content (AvgIpc) is 2.89. The van der Waals surface area contributed by atoms with Crippen molar-refractivity contribution in [3.05, 3.63) is 60.0 Å². The highest BCUT2D eigenvalue weighted by Gasteiger charge is 2.02. The Morgan fingerprint density at radius 1 is 1.10 bits per heavy atom. The highest BCUT2D eigenvalue weighted by molar-refractivity contribution is 5.81. The van der Waals surface area contributed by atoms with Crippen molar-refractivity contribution in [3.8, 4) is 0 Å². The van der Waals surface area contributed by atoms with Crippen LogP contribution in [0.4, 0.5) is 0 Å². The molecule has 0 aliphatic rings. The molecule has 3 rings (SSSR count). The van der Waals surface area contributed by atoms with Gasteiger partial charge in [0.15, 0.2) is 0 Å². The van der Waals surface area contributed by atoms with Gasteiger partial charge in [-0.25, -0.2) is 0 Å². The fourth-order valence-corrected chi connectivity index (χ4v) is 2.38. The number of hydrogen-bond acceptors (Lipinski definition) is 3. The molecule has 0 saturated carbocycles. The lowest BCUT2D eigenvalue weighted by Gasteiger charge is -2.07. The molecular formula is C16H18N4. The molecule has 3 aromatic rings. The van der Waals surface area contributed by atoms with E-state index in [4.69, 9.17) is 0 Å². The topological polar surface area (TPSA) is 42.7 Å². The zero-order chi connectivity index (χ0) is 13.8. The summed E-state index contributed by atoms with van der Waals surface area (Å²) in [5.74, 6) is 0. The summed E-state index contributed by atoms with van der Waals surface area (Å²) < 4.78 is 1.90. The number of aromatic nitrogens is 3. The van der Waals surface area contributed by atoms with Gasteiger partial charge in [-0.1, -0.05) is 24.3 Å². The van der Waals surface area contributed by atoms with Crippen molar-refractivity contribution < 1.29 is 0 Å². The van der Waals surface area contributed by atoms with E-state index in [2.05, 4.69) is 39.7 Å². The number of nitrogens with one attached hydrogen (secondary N) is 1. The standard InChI is InChI=1S/C16H18N4/c1-20-15(8-11-19-20)12-17-10-7-14-5-2-4-13-6-3-9-18-16(13)14/h2-6,8-9,11,17H,7,10,12H2,1H3. The SMILES string of the molecule is Cn1nccc1CNCCc1cccc2cccnc12. The van der Waals surface area contributed by atoms with Crippen LogP contribution in [0, 0.1) is 0 Å². The number of hydrogen-bond donors (Lipinski definition) is 1. The third kappa shape index (κ3) is 2.70. The smallest absolute Gasteiger partial charge is 0.0734 e. The largest absolute Gasteiger partial charge is 0.311 e. The Hall–Kier alpha value is -2.20. The Bertz CT molecular complexity index is 697. The zero-order valence-electron chi connectivity index (χ0n) is 11.6. The van der Waals surface area contributed by atoms with Crippen LogP contribution in [0.1, 0.15) is 11.3 Å². The van der Waals surface area contributed by atoms with E-state index >= 15 is 0 Å². The van der Waals surface area contributed by atoms with E-state index in [-0.39, 0.29) is 0 Å². The summed E-state index contributed by atoms with van der Waals surface area (Å²) in [6.07, 6.45) is 4.66. The first-order valence-electron chi connectivity index (χ1n) is 6.85. The van der Waals surface area contributed by atoms with E-state index in [1.807, 2.05) is 36.3 Å². The molecule has 20 heavy (non-hydrogen) atoms. The molecule has 0 amide bonds. The Morgan fingerprint density at radius 3 is 2.85 bits per heavy atom. The Kier molecular flexibility index (Phi) is 3.74. The summed E-state index contributed by atoms with van der Waals surface area (Å²) >= 11 is 0. The Labute approximate surface area is 118 Å². The predicted molar refractivity (Wildman–Crippen MR) is 80.4 cm³/mol. The van der Waals surface area contributed by atoms with Crippen molar-refractivity contribution >= 4 is 10.9 Å². The molecule has 0 unspecified atom stereocenters. The molecule has 0 spiro atoms. The second kappa shape index (κ2) is 5.84. The maximum absolute atomic E-state index is 4.48. The van der Waals surface area contributed by atoms with Crippen molar-refractivity contribution in [2.45, 2.75) is 13.0 Å². The maximum Gasteiger partial charge on any atom is 0.0734 e. The van der Waals surface area contributed by atoms with Gasteiger partial charge in [0.2, 0.25) is 0 Å². The fraction of sp³-hybridized carbons (Fsp3) is 0.250. The van der Waals surface area contributed by atoms with Crippen LogP contribution in [0.3, 0.4) is 0 Å². The van der Waals surface area contributed by atoms with Crippen LogP contribution in [0.15, 0.2) is 48.8 Å². The van der Waals surface area contributed by atoms with Crippen LogP contribution in [0.25, 0.3) is 10.9 Å². The third-order valence-corrected chi connectivity index (χ3v) is 3.52. The van der Waals surface area contributed by atoms with Crippen LogP contribution in [0.2, 0.25) is 0 Å². The highest BCUT2D eigenvalue weighted by Crippen LogP contribution is 2.15. The molecule has 0 atom stereocenters. The molecule has 2 heterocycles. The van der Waals surface area contributed by atoms with Crippen molar-refractivity contribution in [2.75, 3.05) is 6.54 Å². The van der Waals surface area contributed by atoms with E-state index < -0.39 is 0 Å². The maximum atomic E-state index is 4.48. The van der Waals surface area contributed by atoms with Crippen LogP contribution < -0.4 is 5.32 Å². The predicted octanol–water partition coefficient (Wildman–Crippen LogP) is 2.30. The Morgan fingerprint density at radius 2 is 2.00 bits per heavy atom. The molecule has 0 bridgehead atoms. The van der Waals surface area contributed by atoms with Crippen LogP contribution in [-0.2, 0) is 20.0 Å². The van der Waals surface area contributed by atoms with Gasteiger partial charge in [0.05, 0.1) is 11.2 Å². The van der Waals surface area contributed by atoms with E-state index in [0.29, 0.717) is 0 Å². The van der Waals surface area contributed by atoms with Gasteiger partial charge in [-0.15, -0.1) is 0 Å². The monoisotopic (exact) mass is 266 g/mol. The highest BCUT2D eigenvalue weighted by atomic mass is 15.3. The van der Waals surface area contributed by atoms with Gasteiger partial charge in [0, 0.05) is 31.4 Å². The van der Waals surface area contributed by atoms with Crippen molar-refractivity contribution in [1.82, 2.24) is 20.1 Å². The van der Waals surface area contributed by atoms with E-state index in [0.717, 1.165) is 25.0 Å². The lowest BCUT2D eigenvalue weighted by Crippen LogP contribution is -2.18. The van der Waals surface area contributed by atoms with Gasteiger partial charge in [0.25, 0.3) is 0 Å². The molecule has 1 N–H and O–H groups in total. The van der Waals surface area contributed by atoms with Gasteiger partial charge >= 0.3 is 0 Å². The molecule has 0 aliphatic carbocycles. The third-order valence-electron chi connectivity index (χ3n) is 3.52. The number of nitrogens with zero attached hydrogens (tertiary/aromatic N) is 3. The number of pyridine rings is 1. The molecule has 0 saturated heterocycles. The van der Waals surface area contributed by atoms with Gasteiger partial charge in [-0.2, -0.15) is 5.10 Å². The molecule has 2 aromatic heterocycles. The molecule has 1 aromatic carbocycles. The first-order chi connectivity index (χ1) is 9.84. The van der Waals surface area contributed by atoms with Crippen LogP contribution in [-0.4, -0.2) is 21.3 Å². The lowest BCUT2D eigenvalue weighted by atomic mass is 10.1. The van der Waals surface area contributed by atoms with E-state index in [1.165, 1.54) is 16.6 Å². The zero-order valence-corrected chi connectivity index (χ0v) is 11.6. The number of para-hydroxylation sites is 1. The summed E-state index contributed by atoms with van der Waals surface area (Å²) in [7, 11) is 1.96. The van der Waals surface area contributed by atoms with E-state index in [1.54, 1.807) is 0 Å². The van der Waals surface area contributed by atoms with Gasteiger partial charge in [0.1, 0.15) is 0 Å². The minimum absolute atomic E-state index is 0.842. The molecular weight excluding hydrogens is 248 g/mol. The number of fused-ring (bicyclic) bond motifs is 1. The summed E-state index contributed by atoms with van der Waals surface area (Å²) in [6.45, 7) is 1.77. The summed E-state index contributed by atoms with van der Waals surface area (Å²) in [5.41, 5.74) is 3.60. The normalized spacial score (nSPS) is 11.1. The first kappa shape index (κ1) is 12.8. The fourth-order valence-electron chi connectivity index (χ4n) is 2.38. The minimum Gasteiger partial charge on any atom is -0.311 e. The molecule has 0 radical (unpaired) electrons. The number of aryl methyl sites for hydroxylation is 1. The second-order valence-electron chi connectivity index (χ2n) is 4.87. The lowest BCUT2D eigenvalue weighted by molar-refractivity contribution is 0.626. The first-order valence-corrected chi connectivity index (χ1v) is 6.85. The summed E-state index contributed by atoms with van der Waals surface area (Å²) in [6, 6.07) is 12.5. The van der Waals surface area contributed by atoms with Crippen molar-refractivity contribution in [3.63, 3.8) is 0 Å². The second-order valence-corrected chi connectivity index (χ2v) is 4.87. The van der Waals surface area contributed by atoms with Gasteiger partial charge in [-0.05, 0) is 30.7 Å². The molecule has 4 heteroatoms. The Balaban J connectivity index is 1.62. The van der Waals surface area contributed by atoms with E-state index in [9.17, 15) is 0 Å². The van der Waals surface area contributed by atoms with Crippen LogP contribution >= 0.6 is 0 Å². The summed E-state index contributed by atoms with van der Waals surface area (Å²) in [5, 5.41) is 8.82. The molecule has 0 aliphatic heterocycles. The average molecular weight is 266 g/mol. The van der Waals surface area contributed by atoms with Crippen molar-refractivity contribution in [1.29, 1.82) is 0 Å². The minimum atomic E-state index is 0.842. The molecule has 0 fully saturated rings.